The molecule has 106 valence electrons. The third-order valence-corrected chi connectivity index (χ3v) is 2.97. The van der Waals surface area contributed by atoms with Crippen molar-refractivity contribution in [1.82, 2.24) is 9.88 Å². The Balaban J connectivity index is 2.02. The van der Waals surface area contributed by atoms with Crippen LogP contribution in [0.1, 0.15) is 11.3 Å². The summed E-state index contributed by atoms with van der Waals surface area (Å²) in [6.07, 6.45) is 2.01. The van der Waals surface area contributed by atoms with Crippen molar-refractivity contribution in [2.45, 2.75) is 6.42 Å². The van der Waals surface area contributed by atoms with E-state index in [0.717, 1.165) is 16.9 Å². The Morgan fingerprint density at radius 3 is 2.38 bits per heavy atom. The summed E-state index contributed by atoms with van der Waals surface area (Å²) >= 11 is 0. The zero-order chi connectivity index (χ0) is 15.2. The summed E-state index contributed by atoms with van der Waals surface area (Å²) in [6.45, 7) is 0. The molecular formula is C16H16N4O. The number of likely N-dealkylation sites (N-methyl/N-ethyl adjacent to an activating group) is 1. The largest absolute Gasteiger partial charge is 0.354 e. The van der Waals surface area contributed by atoms with Crippen LogP contribution in [0, 0.1) is 11.3 Å². The minimum absolute atomic E-state index is 0.0759. The maximum atomic E-state index is 11.6. The molecule has 2 rings (SSSR count). The monoisotopic (exact) mass is 280 g/mol. The van der Waals surface area contributed by atoms with E-state index < -0.39 is 0 Å². The lowest BCUT2D eigenvalue weighted by Crippen LogP contribution is -2.23. The van der Waals surface area contributed by atoms with Crippen LogP contribution in [0.4, 0.5) is 11.4 Å². The third-order valence-electron chi connectivity index (χ3n) is 2.97. The molecule has 0 atom stereocenters. The first kappa shape index (κ1) is 14.5. The number of anilines is 2. The van der Waals surface area contributed by atoms with Crippen molar-refractivity contribution in [3.05, 3.63) is 53.9 Å². The Bertz CT molecular complexity index is 654. The predicted molar refractivity (Wildman–Crippen MR) is 81.1 cm³/mol. The van der Waals surface area contributed by atoms with Gasteiger partial charge in [-0.25, -0.2) is 4.98 Å². The maximum absolute atomic E-state index is 11.6. The second-order valence-electron chi connectivity index (χ2n) is 4.83. The fourth-order valence-electron chi connectivity index (χ4n) is 1.74. The number of carbonyl (C=O) groups excluding carboxylic acids is 1. The smallest absolute Gasteiger partial charge is 0.226 e. The van der Waals surface area contributed by atoms with Crippen molar-refractivity contribution >= 4 is 17.3 Å². The van der Waals surface area contributed by atoms with Crippen molar-refractivity contribution < 1.29 is 4.79 Å². The molecule has 21 heavy (non-hydrogen) atoms. The van der Waals surface area contributed by atoms with Crippen LogP contribution in [0.15, 0.2) is 42.6 Å². The fourth-order valence-corrected chi connectivity index (χ4v) is 1.74. The normalized spacial score (nSPS) is 9.76. The maximum Gasteiger partial charge on any atom is 0.226 e. The molecule has 2 aromatic rings. The van der Waals surface area contributed by atoms with Gasteiger partial charge in [-0.2, -0.15) is 5.26 Å². The highest BCUT2D eigenvalue weighted by Crippen LogP contribution is 2.16. The van der Waals surface area contributed by atoms with Gasteiger partial charge >= 0.3 is 0 Å². The number of carbonyl (C=O) groups is 1. The average molecular weight is 280 g/mol. The Hall–Kier alpha value is -2.87. The standard InChI is InChI=1S/C16H16N4O/c1-20(2)16(21)9-12-3-5-13(6-4-12)19-15-8-7-14(10-17)18-11-15/h3-8,11,19H,9H2,1-2H3. The number of pyridine rings is 1. The molecule has 1 aromatic heterocycles. The molecule has 1 aromatic carbocycles. The third kappa shape index (κ3) is 4.05. The summed E-state index contributed by atoms with van der Waals surface area (Å²) in [5, 5.41) is 11.9. The van der Waals surface area contributed by atoms with Gasteiger partial charge in [-0.1, -0.05) is 12.1 Å². The molecule has 0 aliphatic heterocycles. The van der Waals surface area contributed by atoms with Crippen molar-refractivity contribution in [3.63, 3.8) is 0 Å². The van der Waals surface area contributed by atoms with Crippen LogP contribution in [-0.4, -0.2) is 29.9 Å². The van der Waals surface area contributed by atoms with Crippen LogP contribution in [-0.2, 0) is 11.2 Å². The second kappa shape index (κ2) is 6.53. The summed E-state index contributed by atoms with van der Waals surface area (Å²) in [5.41, 5.74) is 3.07. The second-order valence-corrected chi connectivity index (χ2v) is 4.83. The number of rotatable bonds is 4. The SMILES string of the molecule is CN(C)C(=O)Cc1ccc(Nc2ccc(C#N)nc2)cc1. The van der Waals surface area contributed by atoms with Crippen LogP contribution in [0.2, 0.25) is 0 Å². The molecule has 0 bridgehead atoms. The molecule has 1 heterocycles. The van der Waals surface area contributed by atoms with Crippen LogP contribution in [0.25, 0.3) is 0 Å². The quantitative estimate of drug-likeness (QED) is 0.933. The van der Waals surface area contributed by atoms with E-state index in [1.54, 1.807) is 37.3 Å². The lowest BCUT2D eigenvalue weighted by atomic mass is 10.1. The highest BCUT2D eigenvalue weighted by molar-refractivity contribution is 5.78. The van der Waals surface area contributed by atoms with Crippen LogP contribution in [0.3, 0.4) is 0 Å². The molecule has 5 nitrogen and oxygen atoms in total. The predicted octanol–water partition coefficient (Wildman–Crippen LogP) is 2.33. The first-order valence-electron chi connectivity index (χ1n) is 6.51. The van der Waals surface area contributed by atoms with Gasteiger partial charge in [0.2, 0.25) is 5.91 Å². The fraction of sp³-hybridized carbons (Fsp3) is 0.188. The van der Waals surface area contributed by atoms with Crippen LogP contribution >= 0.6 is 0 Å². The lowest BCUT2D eigenvalue weighted by molar-refractivity contribution is -0.127. The van der Waals surface area contributed by atoms with Gasteiger partial charge in [-0.15, -0.1) is 0 Å². The molecule has 0 saturated heterocycles. The number of hydrogen-bond acceptors (Lipinski definition) is 4. The van der Waals surface area contributed by atoms with Crippen LogP contribution < -0.4 is 5.32 Å². The first-order chi connectivity index (χ1) is 10.1. The van der Waals surface area contributed by atoms with Crippen molar-refractivity contribution in [2.24, 2.45) is 0 Å². The van der Waals surface area contributed by atoms with Gasteiger partial charge < -0.3 is 10.2 Å². The van der Waals surface area contributed by atoms with Gasteiger partial charge in [0.05, 0.1) is 18.3 Å². The Labute approximate surface area is 123 Å². The summed E-state index contributed by atoms with van der Waals surface area (Å²) in [6, 6.07) is 13.1. The van der Waals surface area contributed by atoms with E-state index >= 15 is 0 Å². The number of nitrogens with one attached hydrogen (secondary N) is 1. The minimum atomic E-state index is 0.0759. The molecule has 1 N–H and O–H groups in total. The molecule has 0 saturated carbocycles. The van der Waals surface area contributed by atoms with Gasteiger partial charge in [0, 0.05) is 19.8 Å². The highest BCUT2D eigenvalue weighted by Gasteiger charge is 2.05. The summed E-state index contributed by atoms with van der Waals surface area (Å²) in [4.78, 5) is 17.2. The lowest BCUT2D eigenvalue weighted by Gasteiger charge is -2.11. The summed E-state index contributed by atoms with van der Waals surface area (Å²) in [7, 11) is 3.49. The average Bonchev–Trinajstić information content (AvgIpc) is 2.50. The van der Waals surface area contributed by atoms with Gasteiger partial charge in [0.15, 0.2) is 0 Å². The Kier molecular flexibility index (Phi) is 4.52. The minimum Gasteiger partial charge on any atom is -0.354 e. The van der Waals surface area contributed by atoms with E-state index in [0.29, 0.717) is 12.1 Å². The van der Waals surface area contributed by atoms with Gasteiger partial charge in [-0.05, 0) is 29.8 Å². The molecule has 0 fully saturated rings. The number of aromatic nitrogens is 1. The van der Waals surface area contributed by atoms with Gasteiger partial charge in [-0.3, -0.25) is 4.79 Å². The van der Waals surface area contributed by atoms with E-state index in [1.165, 1.54) is 0 Å². The van der Waals surface area contributed by atoms with E-state index in [2.05, 4.69) is 10.3 Å². The van der Waals surface area contributed by atoms with E-state index in [-0.39, 0.29) is 5.91 Å². The summed E-state index contributed by atoms with van der Waals surface area (Å²) < 4.78 is 0. The molecule has 0 unspecified atom stereocenters. The van der Waals surface area contributed by atoms with Crippen molar-refractivity contribution in [2.75, 3.05) is 19.4 Å². The molecule has 0 spiro atoms. The van der Waals surface area contributed by atoms with Crippen molar-refractivity contribution in [1.29, 1.82) is 5.26 Å². The van der Waals surface area contributed by atoms with Gasteiger partial charge in [0.1, 0.15) is 11.8 Å². The van der Waals surface area contributed by atoms with Gasteiger partial charge in [0.25, 0.3) is 0 Å². The molecular weight excluding hydrogens is 264 g/mol. The van der Waals surface area contributed by atoms with E-state index in [1.807, 2.05) is 30.3 Å². The zero-order valence-corrected chi connectivity index (χ0v) is 12.0. The highest BCUT2D eigenvalue weighted by atomic mass is 16.2. The number of amides is 1. The van der Waals surface area contributed by atoms with E-state index in [9.17, 15) is 4.79 Å². The zero-order valence-electron chi connectivity index (χ0n) is 12.0. The first-order valence-corrected chi connectivity index (χ1v) is 6.51. The number of nitriles is 1. The number of hydrogen-bond donors (Lipinski definition) is 1. The van der Waals surface area contributed by atoms with Crippen LogP contribution in [0.5, 0.6) is 0 Å². The number of benzene rings is 1. The van der Waals surface area contributed by atoms with E-state index in [4.69, 9.17) is 5.26 Å². The number of nitrogens with zero attached hydrogens (tertiary/aromatic N) is 3. The molecule has 0 aliphatic carbocycles. The topological polar surface area (TPSA) is 69.0 Å². The Morgan fingerprint density at radius 2 is 1.86 bits per heavy atom. The van der Waals surface area contributed by atoms with Crippen molar-refractivity contribution in [3.8, 4) is 6.07 Å². The molecule has 1 amide bonds. The molecule has 0 aliphatic rings. The Morgan fingerprint density at radius 1 is 1.19 bits per heavy atom. The molecule has 5 heteroatoms. The molecule has 0 radical (unpaired) electrons. The summed E-state index contributed by atoms with van der Waals surface area (Å²) in [5.74, 6) is 0.0759.